The molecule has 0 saturated carbocycles. The molecule has 1 amide bonds. The minimum Gasteiger partial charge on any atom is -0.387 e. The van der Waals surface area contributed by atoms with Gasteiger partial charge in [-0.25, -0.2) is 4.57 Å². The van der Waals surface area contributed by atoms with Crippen molar-refractivity contribution in [2.24, 2.45) is 0 Å². The van der Waals surface area contributed by atoms with E-state index >= 15 is 0 Å². The molecule has 86 heavy (non-hydrogen) atoms. The second-order valence-electron chi connectivity index (χ2n) is 27.7. The third kappa shape index (κ3) is 70.2. The van der Waals surface area contributed by atoms with Crippen LogP contribution in [0.3, 0.4) is 0 Å². The van der Waals surface area contributed by atoms with Crippen LogP contribution in [-0.4, -0.2) is 73.4 Å². The number of hydrogen-bond donors (Lipinski definition) is 3. The second-order valence-corrected chi connectivity index (χ2v) is 29.2. The van der Waals surface area contributed by atoms with Gasteiger partial charge in [-0.05, 0) is 57.8 Å². The molecule has 9 heteroatoms. The quantitative estimate of drug-likeness (QED) is 0.0243. The van der Waals surface area contributed by atoms with Gasteiger partial charge in [0.25, 0.3) is 0 Å². The van der Waals surface area contributed by atoms with E-state index in [0.29, 0.717) is 17.4 Å². The lowest BCUT2D eigenvalue weighted by molar-refractivity contribution is -0.870. The minimum atomic E-state index is -4.36. The Morgan fingerprint density at radius 2 is 0.640 bits per heavy atom. The van der Waals surface area contributed by atoms with Crippen LogP contribution in [0.5, 0.6) is 0 Å². The van der Waals surface area contributed by atoms with E-state index in [2.05, 4.69) is 43.5 Å². The zero-order valence-electron chi connectivity index (χ0n) is 58.6. The molecule has 0 aliphatic rings. The van der Waals surface area contributed by atoms with Crippen molar-refractivity contribution in [2.45, 2.75) is 411 Å². The Morgan fingerprint density at radius 3 is 0.930 bits per heavy atom. The summed E-state index contributed by atoms with van der Waals surface area (Å²) in [6, 6.07) is -0.864. The number of carbonyl (C=O) groups excluding carboxylic acids is 1. The number of aliphatic hydroxyl groups is 1. The molecule has 0 rings (SSSR count). The molecule has 0 aromatic carbocycles. The molecule has 3 N–H and O–H groups in total. The highest BCUT2D eigenvalue weighted by molar-refractivity contribution is 7.47. The van der Waals surface area contributed by atoms with E-state index in [1.54, 1.807) is 6.08 Å². The second kappa shape index (κ2) is 68.1. The van der Waals surface area contributed by atoms with E-state index in [1.165, 1.54) is 340 Å². The Morgan fingerprint density at radius 1 is 0.384 bits per heavy atom. The largest absolute Gasteiger partial charge is 0.472 e. The first-order chi connectivity index (χ1) is 42.0. The Balaban J connectivity index is 4.00. The number of allylic oxidation sites excluding steroid dienone is 5. The maximum Gasteiger partial charge on any atom is 0.472 e. The summed E-state index contributed by atoms with van der Waals surface area (Å²) in [6.07, 6.45) is 91.9. The van der Waals surface area contributed by atoms with Crippen molar-refractivity contribution in [3.8, 4) is 0 Å². The molecule has 0 heterocycles. The highest BCUT2D eigenvalue weighted by Crippen LogP contribution is 2.43. The zero-order chi connectivity index (χ0) is 62.6. The van der Waals surface area contributed by atoms with E-state index in [4.69, 9.17) is 9.05 Å². The molecule has 3 unspecified atom stereocenters. The molecular weight excluding hydrogens is 1080 g/mol. The van der Waals surface area contributed by atoms with Crippen molar-refractivity contribution in [3.05, 3.63) is 36.5 Å². The van der Waals surface area contributed by atoms with Crippen LogP contribution < -0.4 is 5.32 Å². The normalized spacial score (nSPS) is 13.7. The Hall–Kier alpha value is -1.28. The number of nitrogens with one attached hydrogen (secondary N) is 1. The van der Waals surface area contributed by atoms with Gasteiger partial charge in [0.05, 0.1) is 39.9 Å². The molecule has 0 aliphatic carbocycles. The van der Waals surface area contributed by atoms with Crippen molar-refractivity contribution < 1.29 is 32.9 Å². The number of likely N-dealkylation sites (N-methyl/N-ethyl adjacent to an activating group) is 1. The summed E-state index contributed by atoms with van der Waals surface area (Å²) < 4.78 is 23.8. The zero-order valence-corrected chi connectivity index (χ0v) is 59.5. The monoisotopic (exact) mass is 1230 g/mol. The molecule has 0 fully saturated rings. The fourth-order valence-corrected chi connectivity index (χ4v) is 12.6. The van der Waals surface area contributed by atoms with Gasteiger partial charge in [-0.2, -0.15) is 0 Å². The lowest BCUT2D eigenvalue weighted by Crippen LogP contribution is -2.45. The molecular formula is C77H152N2O6P+. The molecule has 0 aliphatic heterocycles. The number of phosphoric ester groups is 1. The highest BCUT2D eigenvalue weighted by atomic mass is 31.2. The van der Waals surface area contributed by atoms with E-state index in [1.807, 2.05) is 27.2 Å². The number of aliphatic hydroxyl groups excluding tert-OH is 1. The van der Waals surface area contributed by atoms with Crippen molar-refractivity contribution in [3.63, 3.8) is 0 Å². The van der Waals surface area contributed by atoms with Crippen LogP contribution in [0.2, 0.25) is 0 Å². The first-order valence-electron chi connectivity index (χ1n) is 38.4. The minimum absolute atomic E-state index is 0.0584. The SMILES string of the molecule is CCCCCCCCCC/C=C\CCCCCCCCCCCCCCCCCCCCCCCCCC(=O)NC(COP(=O)(O)OCC[N+](C)(C)C)C(O)/C=C/CC/C=C/CCCCCCCCCCCCCCCCCCCCCCCCC. The lowest BCUT2D eigenvalue weighted by Gasteiger charge is -2.25. The summed E-state index contributed by atoms with van der Waals surface area (Å²) in [5.41, 5.74) is 0. The summed E-state index contributed by atoms with van der Waals surface area (Å²) in [6.45, 7) is 4.86. The number of unbranched alkanes of at least 4 members (excludes halogenated alkanes) is 55. The maximum absolute atomic E-state index is 13.1. The van der Waals surface area contributed by atoms with Gasteiger partial charge in [0, 0.05) is 6.42 Å². The molecule has 0 aromatic rings. The van der Waals surface area contributed by atoms with Crippen molar-refractivity contribution in [1.82, 2.24) is 5.32 Å². The fourth-order valence-electron chi connectivity index (χ4n) is 11.9. The Kier molecular flexibility index (Phi) is 67.1. The number of rotatable bonds is 72. The summed E-state index contributed by atoms with van der Waals surface area (Å²) in [5.74, 6) is -0.178. The Labute approximate surface area is 537 Å². The average molecular weight is 1230 g/mol. The van der Waals surface area contributed by atoms with Crippen LogP contribution in [0.1, 0.15) is 399 Å². The number of amides is 1. The number of hydrogen-bond acceptors (Lipinski definition) is 5. The van der Waals surface area contributed by atoms with Crippen LogP contribution in [0.25, 0.3) is 0 Å². The van der Waals surface area contributed by atoms with Crippen molar-refractivity contribution >= 4 is 13.7 Å². The lowest BCUT2D eigenvalue weighted by atomic mass is 10.0. The number of quaternary nitrogens is 1. The summed E-state index contributed by atoms with van der Waals surface area (Å²) in [4.78, 5) is 23.5. The molecule has 0 saturated heterocycles. The van der Waals surface area contributed by atoms with Crippen LogP contribution in [0, 0.1) is 0 Å². The third-order valence-corrected chi connectivity index (χ3v) is 18.8. The third-order valence-electron chi connectivity index (χ3n) is 17.8. The van der Waals surface area contributed by atoms with Gasteiger partial charge in [-0.15, -0.1) is 0 Å². The number of nitrogens with zero attached hydrogens (tertiary/aromatic N) is 1. The van der Waals surface area contributed by atoms with Crippen molar-refractivity contribution in [1.29, 1.82) is 0 Å². The molecule has 0 radical (unpaired) electrons. The highest BCUT2D eigenvalue weighted by Gasteiger charge is 2.28. The predicted molar refractivity (Wildman–Crippen MR) is 378 cm³/mol. The molecule has 0 bridgehead atoms. The predicted octanol–water partition coefficient (Wildman–Crippen LogP) is 24.8. The summed E-state index contributed by atoms with van der Waals surface area (Å²) in [5, 5.41) is 14.0. The van der Waals surface area contributed by atoms with E-state index in [-0.39, 0.29) is 19.1 Å². The van der Waals surface area contributed by atoms with Gasteiger partial charge in [-0.1, -0.05) is 371 Å². The molecule has 3 atom stereocenters. The number of carbonyl (C=O) groups is 1. The summed E-state index contributed by atoms with van der Waals surface area (Å²) in [7, 11) is 1.57. The van der Waals surface area contributed by atoms with E-state index in [9.17, 15) is 19.4 Å². The van der Waals surface area contributed by atoms with Crippen LogP contribution >= 0.6 is 7.82 Å². The molecule has 510 valence electrons. The van der Waals surface area contributed by atoms with Gasteiger partial charge in [0.2, 0.25) is 5.91 Å². The van der Waals surface area contributed by atoms with Gasteiger partial charge < -0.3 is 19.8 Å². The van der Waals surface area contributed by atoms with Gasteiger partial charge in [0.15, 0.2) is 0 Å². The van der Waals surface area contributed by atoms with Gasteiger partial charge in [0.1, 0.15) is 13.2 Å². The first-order valence-corrected chi connectivity index (χ1v) is 39.9. The maximum atomic E-state index is 13.1. The molecule has 8 nitrogen and oxygen atoms in total. The van der Waals surface area contributed by atoms with E-state index in [0.717, 1.165) is 38.5 Å². The molecule has 0 aromatic heterocycles. The molecule has 0 spiro atoms. The van der Waals surface area contributed by atoms with Crippen LogP contribution in [-0.2, 0) is 18.4 Å². The smallest absolute Gasteiger partial charge is 0.387 e. The Bertz CT molecular complexity index is 1500. The van der Waals surface area contributed by atoms with Crippen LogP contribution in [0.4, 0.5) is 0 Å². The topological polar surface area (TPSA) is 105 Å². The number of phosphoric acid groups is 1. The first kappa shape index (κ1) is 84.7. The standard InChI is InChI=1S/C77H151N2O6P/c1-6-8-10-12-14-16-18-20-22-24-26-28-30-32-34-36-37-38-39-40-41-43-45-47-49-51-53-55-57-59-61-63-65-67-69-71-77(81)78-75(74-85-86(82,83)84-73-72-79(3,4)5)76(80)70-68-66-64-62-60-58-56-54-52-50-48-46-44-42-35-33-31-29-27-25-23-21-19-17-15-13-11-9-7-2/h24,26,60,62,68,70,75-76,80H,6-23,25,27-59,61,63-67,69,71-74H2,1-5H3,(H-,78,81,82,83)/p+1/b26-24-,62-60+,70-68+. The van der Waals surface area contributed by atoms with Crippen LogP contribution in [0.15, 0.2) is 36.5 Å². The van der Waals surface area contributed by atoms with E-state index < -0.39 is 20.0 Å². The average Bonchev–Trinajstić information content (AvgIpc) is 3.70. The summed E-state index contributed by atoms with van der Waals surface area (Å²) >= 11 is 0. The van der Waals surface area contributed by atoms with Gasteiger partial charge in [-0.3, -0.25) is 13.8 Å². The fraction of sp³-hybridized carbons (Fsp3) is 0.909. The van der Waals surface area contributed by atoms with Crippen molar-refractivity contribution in [2.75, 3.05) is 40.9 Å². The van der Waals surface area contributed by atoms with Gasteiger partial charge >= 0.3 is 7.82 Å².